The zero-order valence-electron chi connectivity index (χ0n) is 11.4. The highest BCUT2D eigenvalue weighted by molar-refractivity contribution is 6.33. The molecule has 0 aliphatic carbocycles. The normalized spacial score (nSPS) is 10.5. The van der Waals surface area contributed by atoms with Crippen LogP contribution in [0.2, 0.25) is 5.02 Å². The summed E-state index contributed by atoms with van der Waals surface area (Å²) in [6, 6.07) is 14.3. The zero-order chi connectivity index (χ0) is 13.8. The average molecular weight is 275 g/mol. The Morgan fingerprint density at radius 2 is 1.89 bits per heavy atom. The lowest BCUT2D eigenvalue weighted by atomic mass is 10.1. The Bertz CT molecular complexity index is 566. The van der Waals surface area contributed by atoms with Crippen LogP contribution in [0.5, 0.6) is 0 Å². The van der Waals surface area contributed by atoms with Crippen LogP contribution < -0.4 is 10.6 Å². The van der Waals surface area contributed by atoms with Crippen LogP contribution in [-0.4, -0.2) is 6.54 Å². The van der Waals surface area contributed by atoms with Gasteiger partial charge < -0.3 is 10.6 Å². The number of rotatable bonds is 4. The number of aryl methyl sites for hydroxylation is 1. The Hall–Kier alpha value is -1.51. The maximum Gasteiger partial charge on any atom is 0.0646 e. The fourth-order valence-corrected chi connectivity index (χ4v) is 2.59. The van der Waals surface area contributed by atoms with E-state index in [9.17, 15) is 0 Å². The SMILES string of the molecule is CCN(c1cccc(C)c1)c1c(Cl)cccc1CN. The van der Waals surface area contributed by atoms with Crippen LogP contribution in [0.1, 0.15) is 18.1 Å². The van der Waals surface area contributed by atoms with Gasteiger partial charge in [0, 0.05) is 18.8 Å². The largest absolute Gasteiger partial charge is 0.340 e. The van der Waals surface area contributed by atoms with E-state index in [0.717, 1.165) is 28.5 Å². The molecule has 0 aromatic heterocycles. The van der Waals surface area contributed by atoms with Crippen LogP contribution in [-0.2, 0) is 6.54 Å². The minimum absolute atomic E-state index is 0.484. The summed E-state index contributed by atoms with van der Waals surface area (Å²) in [5, 5.41) is 0.742. The number of anilines is 2. The number of hydrogen-bond acceptors (Lipinski definition) is 2. The van der Waals surface area contributed by atoms with Crippen molar-refractivity contribution in [2.24, 2.45) is 5.73 Å². The van der Waals surface area contributed by atoms with E-state index in [1.807, 2.05) is 18.2 Å². The van der Waals surface area contributed by atoms with Gasteiger partial charge in [0.1, 0.15) is 0 Å². The summed E-state index contributed by atoms with van der Waals surface area (Å²) in [5.41, 5.74) is 10.3. The molecule has 19 heavy (non-hydrogen) atoms. The van der Waals surface area contributed by atoms with Crippen molar-refractivity contribution in [1.29, 1.82) is 0 Å². The number of benzene rings is 2. The monoisotopic (exact) mass is 274 g/mol. The Labute approximate surface area is 119 Å². The Kier molecular flexibility index (Phi) is 4.46. The molecule has 0 unspecified atom stereocenters. The summed E-state index contributed by atoms with van der Waals surface area (Å²) in [6.45, 7) is 5.54. The molecule has 0 aliphatic rings. The maximum absolute atomic E-state index is 6.37. The molecule has 2 aromatic carbocycles. The fraction of sp³-hybridized carbons (Fsp3) is 0.250. The van der Waals surface area contributed by atoms with Crippen molar-refractivity contribution in [3.8, 4) is 0 Å². The van der Waals surface area contributed by atoms with Gasteiger partial charge in [0.2, 0.25) is 0 Å². The second-order valence-electron chi connectivity index (χ2n) is 4.53. The molecular weight excluding hydrogens is 256 g/mol. The van der Waals surface area contributed by atoms with Gasteiger partial charge in [0.05, 0.1) is 10.7 Å². The minimum atomic E-state index is 0.484. The summed E-state index contributed by atoms with van der Waals surface area (Å²) in [7, 11) is 0. The van der Waals surface area contributed by atoms with Crippen LogP contribution in [0.4, 0.5) is 11.4 Å². The summed E-state index contributed by atoms with van der Waals surface area (Å²) >= 11 is 6.37. The molecule has 0 spiro atoms. The molecule has 100 valence electrons. The minimum Gasteiger partial charge on any atom is -0.340 e. The first-order chi connectivity index (χ1) is 9.17. The highest BCUT2D eigenvalue weighted by Crippen LogP contribution is 2.35. The van der Waals surface area contributed by atoms with Gasteiger partial charge in [0.25, 0.3) is 0 Å². The second kappa shape index (κ2) is 6.09. The Balaban J connectivity index is 2.54. The summed E-state index contributed by atoms with van der Waals surface area (Å²) < 4.78 is 0. The van der Waals surface area contributed by atoms with Crippen molar-refractivity contribution >= 4 is 23.0 Å². The predicted octanol–water partition coefficient (Wildman–Crippen LogP) is 4.27. The topological polar surface area (TPSA) is 29.3 Å². The van der Waals surface area contributed by atoms with Crippen molar-refractivity contribution in [2.75, 3.05) is 11.4 Å². The van der Waals surface area contributed by atoms with Gasteiger partial charge in [-0.15, -0.1) is 0 Å². The zero-order valence-corrected chi connectivity index (χ0v) is 12.1. The van der Waals surface area contributed by atoms with Gasteiger partial charge in [-0.1, -0.05) is 35.9 Å². The number of nitrogens with two attached hydrogens (primary N) is 1. The van der Waals surface area contributed by atoms with Gasteiger partial charge in [0.15, 0.2) is 0 Å². The van der Waals surface area contributed by atoms with E-state index in [4.69, 9.17) is 17.3 Å². The second-order valence-corrected chi connectivity index (χ2v) is 4.94. The predicted molar refractivity (Wildman–Crippen MR) is 83.2 cm³/mol. The summed E-state index contributed by atoms with van der Waals surface area (Å²) in [4.78, 5) is 2.21. The highest BCUT2D eigenvalue weighted by Gasteiger charge is 2.14. The molecule has 2 rings (SSSR count). The maximum atomic E-state index is 6.37. The third-order valence-electron chi connectivity index (χ3n) is 3.19. The molecule has 0 radical (unpaired) electrons. The van der Waals surface area contributed by atoms with Crippen molar-refractivity contribution < 1.29 is 0 Å². The first kappa shape index (κ1) is 13.9. The number of para-hydroxylation sites is 1. The van der Waals surface area contributed by atoms with Crippen molar-refractivity contribution in [3.05, 3.63) is 58.6 Å². The lowest BCUT2D eigenvalue weighted by molar-refractivity contribution is 0.983. The molecule has 3 heteroatoms. The van der Waals surface area contributed by atoms with Crippen LogP contribution in [0.3, 0.4) is 0 Å². The molecule has 0 bridgehead atoms. The van der Waals surface area contributed by atoms with Gasteiger partial charge in [-0.05, 0) is 43.2 Å². The smallest absolute Gasteiger partial charge is 0.0646 e. The average Bonchev–Trinajstić information content (AvgIpc) is 2.41. The van der Waals surface area contributed by atoms with E-state index in [0.29, 0.717) is 6.54 Å². The number of hydrogen-bond donors (Lipinski definition) is 1. The van der Waals surface area contributed by atoms with E-state index in [1.54, 1.807) is 0 Å². The highest BCUT2D eigenvalue weighted by atomic mass is 35.5. The number of halogens is 1. The first-order valence-corrected chi connectivity index (χ1v) is 6.86. The molecule has 0 saturated heterocycles. The van der Waals surface area contributed by atoms with Crippen molar-refractivity contribution in [3.63, 3.8) is 0 Å². The van der Waals surface area contributed by atoms with Crippen LogP contribution >= 0.6 is 11.6 Å². The van der Waals surface area contributed by atoms with Gasteiger partial charge in [-0.2, -0.15) is 0 Å². The van der Waals surface area contributed by atoms with Crippen molar-refractivity contribution in [1.82, 2.24) is 0 Å². The van der Waals surface area contributed by atoms with E-state index in [1.165, 1.54) is 5.56 Å². The molecule has 2 N–H and O–H groups in total. The lowest BCUT2D eigenvalue weighted by Crippen LogP contribution is -2.19. The van der Waals surface area contributed by atoms with E-state index >= 15 is 0 Å². The van der Waals surface area contributed by atoms with Crippen LogP contribution in [0.25, 0.3) is 0 Å². The summed E-state index contributed by atoms with van der Waals surface area (Å²) in [5.74, 6) is 0. The van der Waals surface area contributed by atoms with Gasteiger partial charge in [-0.3, -0.25) is 0 Å². The molecule has 0 saturated carbocycles. The lowest BCUT2D eigenvalue weighted by Gasteiger charge is -2.27. The molecule has 2 nitrogen and oxygen atoms in total. The molecule has 0 amide bonds. The quantitative estimate of drug-likeness (QED) is 0.902. The third-order valence-corrected chi connectivity index (χ3v) is 3.49. The van der Waals surface area contributed by atoms with Gasteiger partial charge >= 0.3 is 0 Å². The fourth-order valence-electron chi connectivity index (χ4n) is 2.29. The molecule has 0 aliphatic heterocycles. The molecule has 0 heterocycles. The molecule has 2 aromatic rings. The third kappa shape index (κ3) is 2.91. The van der Waals surface area contributed by atoms with E-state index in [2.05, 4.69) is 43.0 Å². The Morgan fingerprint density at radius 3 is 2.53 bits per heavy atom. The van der Waals surface area contributed by atoms with Crippen molar-refractivity contribution in [2.45, 2.75) is 20.4 Å². The van der Waals surface area contributed by atoms with Crippen LogP contribution in [0.15, 0.2) is 42.5 Å². The van der Waals surface area contributed by atoms with Gasteiger partial charge in [-0.25, -0.2) is 0 Å². The Morgan fingerprint density at radius 1 is 1.16 bits per heavy atom. The number of nitrogens with zero attached hydrogens (tertiary/aromatic N) is 1. The first-order valence-electron chi connectivity index (χ1n) is 6.49. The molecule has 0 fully saturated rings. The van der Waals surface area contributed by atoms with Crippen LogP contribution in [0, 0.1) is 6.92 Å². The standard InChI is InChI=1S/C16H19ClN2/c1-3-19(14-8-4-6-12(2)10-14)16-13(11-18)7-5-9-15(16)17/h4-10H,3,11,18H2,1-2H3. The molecule has 0 atom stereocenters. The summed E-state index contributed by atoms with van der Waals surface area (Å²) in [6.07, 6.45) is 0. The van der Waals surface area contributed by atoms with E-state index in [-0.39, 0.29) is 0 Å². The van der Waals surface area contributed by atoms with E-state index < -0.39 is 0 Å². The molecular formula is C16H19ClN2.